The molecule has 2 atom stereocenters. The van der Waals surface area contributed by atoms with Crippen LogP contribution in [0.5, 0.6) is 0 Å². The maximum atomic E-state index is 4.64. The second-order valence-corrected chi connectivity index (χ2v) is 5.37. The Morgan fingerprint density at radius 2 is 2.45 bits per heavy atom. The quantitative estimate of drug-likeness (QED) is 0.876. The van der Waals surface area contributed by atoms with Gasteiger partial charge in [-0.2, -0.15) is 15.4 Å². The summed E-state index contributed by atoms with van der Waals surface area (Å²) in [4.78, 5) is 4.64. The molecule has 3 rings (SSSR count). The van der Waals surface area contributed by atoms with Crippen LogP contribution in [0.1, 0.15) is 55.1 Å². The molecule has 5 nitrogen and oxygen atoms in total. The Labute approximate surface area is 119 Å². The highest BCUT2D eigenvalue weighted by molar-refractivity contribution is 5.29. The van der Waals surface area contributed by atoms with Crippen molar-refractivity contribution in [3.8, 4) is 0 Å². The minimum absolute atomic E-state index is 0.197. The maximum absolute atomic E-state index is 4.64. The zero-order valence-corrected chi connectivity index (χ0v) is 11.8. The van der Waals surface area contributed by atoms with E-state index in [4.69, 9.17) is 0 Å². The van der Waals surface area contributed by atoms with Gasteiger partial charge in [-0.15, -0.1) is 0 Å². The lowest BCUT2D eigenvalue weighted by molar-refractivity contribution is 0.387. The van der Waals surface area contributed by atoms with Crippen LogP contribution in [0.3, 0.4) is 0 Å². The van der Waals surface area contributed by atoms with Crippen molar-refractivity contribution in [2.75, 3.05) is 6.54 Å². The Bertz CT molecular complexity index is 537. The second kappa shape index (κ2) is 6.13. The molecular weight excluding hydrogens is 250 g/mol. The first-order valence-electron chi connectivity index (χ1n) is 7.43. The topological polar surface area (TPSA) is 66.5 Å². The highest BCUT2D eigenvalue weighted by Gasteiger charge is 2.31. The predicted molar refractivity (Wildman–Crippen MR) is 77.3 cm³/mol. The Hall–Kier alpha value is -1.75. The molecule has 2 aromatic rings. The third-order valence-electron chi connectivity index (χ3n) is 4.01. The summed E-state index contributed by atoms with van der Waals surface area (Å²) in [5, 5.41) is 14.6. The van der Waals surface area contributed by atoms with E-state index in [1.54, 1.807) is 0 Å². The van der Waals surface area contributed by atoms with Gasteiger partial charge in [0, 0.05) is 17.8 Å². The molecule has 106 valence electrons. The van der Waals surface area contributed by atoms with Gasteiger partial charge < -0.3 is 5.32 Å². The lowest BCUT2D eigenvalue weighted by Crippen LogP contribution is -2.30. The lowest BCUT2D eigenvalue weighted by atomic mass is 9.81. The molecular formula is C15H21N5. The average molecular weight is 271 g/mol. The van der Waals surface area contributed by atoms with E-state index in [2.05, 4.69) is 38.7 Å². The highest BCUT2D eigenvalue weighted by atomic mass is 15.3. The molecule has 1 aliphatic rings. The van der Waals surface area contributed by atoms with Crippen LogP contribution in [-0.4, -0.2) is 26.9 Å². The Kier molecular flexibility index (Phi) is 4.06. The fourth-order valence-electron chi connectivity index (χ4n) is 3.08. The van der Waals surface area contributed by atoms with Crippen LogP contribution >= 0.6 is 0 Å². The highest BCUT2D eigenvalue weighted by Crippen LogP contribution is 2.38. The third-order valence-corrected chi connectivity index (χ3v) is 4.01. The molecule has 0 saturated carbocycles. The number of aromatic amines is 1. The average Bonchev–Trinajstić information content (AvgIpc) is 3.02. The summed E-state index contributed by atoms with van der Waals surface area (Å²) in [6, 6.07) is 4.43. The van der Waals surface area contributed by atoms with Crippen molar-refractivity contribution in [1.29, 1.82) is 0 Å². The van der Waals surface area contributed by atoms with E-state index < -0.39 is 0 Å². The van der Waals surface area contributed by atoms with E-state index in [9.17, 15) is 0 Å². The molecule has 2 N–H and O–H groups in total. The first-order chi connectivity index (χ1) is 9.90. The van der Waals surface area contributed by atoms with Crippen LogP contribution < -0.4 is 5.32 Å². The van der Waals surface area contributed by atoms with Crippen LogP contribution in [0.25, 0.3) is 0 Å². The molecule has 5 heteroatoms. The second-order valence-electron chi connectivity index (χ2n) is 5.37. The van der Waals surface area contributed by atoms with Crippen molar-refractivity contribution in [3.63, 3.8) is 0 Å². The molecule has 1 aliphatic carbocycles. The molecule has 2 unspecified atom stereocenters. The Balaban J connectivity index is 1.92. The number of pyridine rings is 1. The molecule has 0 fully saturated rings. The smallest absolute Gasteiger partial charge is 0.100 e. The fourth-order valence-corrected chi connectivity index (χ4v) is 3.08. The van der Waals surface area contributed by atoms with Crippen LogP contribution in [-0.2, 0) is 6.42 Å². The van der Waals surface area contributed by atoms with Gasteiger partial charge in [0.05, 0.1) is 12.2 Å². The Morgan fingerprint density at radius 1 is 1.50 bits per heavy atom. The zero-order valence-electron chi connectivity index (χ0n) is 11.8. The van der Waals surface area contributed by atoms with Crippen molar-refractivity contribution in [3.05, 3.63) is 41.5 Å². The van der Waals surface area contributed by atoms with Crippen molar-refractivity contribution in [1.82, 2.24) is 25.7 Å². The number of fused-ring (bicyclic) bond motifs is 1. The number of rotatable bonds is 5. The van der Waals surface area contributed by atoms with Crippen LogP contribution in [0.2, 0.25) is 0 Å². The monoisotopic (exact) mass is 271 g/mol. The summed E-state index contributed by atoms with van der Waals surface area (Å²) in [5.41, 5.74) is 3.60. The van der Waals surface area contributed by atoms with Crippen LogP contribution in [0.15, 0.2) is 24.5 Å². The summed E-state index contributed by atoms with van der Waals surface area (Å²) >= 11 is 0. The van der Waals surface area contributed by atoms with E-state index in [-0.39, 0.29) is 6.04 Å². The Morgan fingerprint density at radius 3 is 3.25 bits per heavy atom. The van der Waals surface area contributed by atoms with Gasteiger partial charge in [-0.3, -0.25) is 4.98 Å². The first kappa shape index (κ1) is 13.2. The lowest BCUT2D eigenvalue weighted by Gasteiger charge is -2.31. The van der Waals surface area contributed by atoms with Crippen molar-refractivity contribution in [2.24, 2.45) is 0 Å². The predicted octanol–water partition coefficient (Wildman–Crippen LogP) is 2.36. The number of hydrogen-bond donors (Lipinski definition) is 2. The van der Waals surface area contributed by atoms with Gasteiger partial charge in [-0.05, 0) is 43.9 Å². The minimum atomic E-state index is 0.197. The van der Waals surface area contributed by atoms with Gasteiger partial charge in [-0.25, -0.2) is 0 Å². The van der Waals surface area contributed by atoms with E-state index >= 15 is 0 Å². The van der Waals surface area contributed by atoms with Crippen molar-refractivity contribution >= 4 is 0 Å². The summed E-state index contributed by atoms with van der Waals surface area (Å²) in [5.74, 6) is 0.386. The van der Waals surface area contributed by atoms with Crippen LogP contribution in [0.4, 0.5) is 0 Å². The summed E-state index contributed by atoms with van der Waals surface area (Å²) in [6.07, 6.45) is 8.33. The molecule has 0 saturated heterocycles. The molecule has 0 radical (unpaired) electrons. The SMILES string of the molecule is CCCNC(c1cn[nH]n1)C1CCCc2cccnc21. The molecule has 20 heavy (non-hydrogen) atoms. The number of aromatic nitrogens is 4. The number of aryl methyl sites for hydroxylation is 1. The van der Waals surface area contributed by atoms with Crippen molar-refractivity contribution in [2.45, 2.75) is 44.6 Å². The molecule has 0 bridgehead atoms. The standard InChI is InChI=1S/C15H21N5/c1-2-8-16-15(13-10-18-20-19-13)12-7-3-5-11-6-4-9-17-14(11)12/h4,6,9-10,12,15-16H,2-3,5,7-8H2,1H3,(H,18,19,20). The van der Waals surface area contributed by atoms with E-state index in [1.807, 2.05) is 18.5 Å². The minimum Gasteiger partial charge on any atom is -0.308 e. The van der Waals surface area contributed by atoms with Crippen LogP contribution in [0, 0.1) is 0 Å². The van der Waals surface area contributed by atoms with E-state index in [0.29, 0.717) is 5.92 Å². The molecule has 2 heterocycles. The first-order valence-corrected chi connectivity index (χ1v) is 7.43. The number of hydrogen-bond acceptors (Lipinski definition) is 4. The number of nitrogens with one attached hydrogen (secondary N) is 2. The maximum Gasteiger partial charge on any atom is 0.100 e. The summed E-state index contributed by atoms with van der Waals surface area (Å²) < 4.78 is 0. The summed E-state index contributed by atoms with van der Waals surface area (Å²) in [7, 11) is 0. The van der Waals surface area contributed by atoms with Gasteiger partial charge in [0.25, 0.3) is 0 Å². The molecule has 0 amide bonds. The molecule has 0 aromatic carbocycles. The van der Waals surface area contributed by atoms with Gasteiger partial charge in [0.15, 0.2) is 0 Å². The van der Waals surface area contributed by atoms with E-state index in [1.165, 1.54) is 17.7 Å². The third kappa shape index (κ3) is 2.58. The molecule has 2 aromatic heterocycles. The zero-order chi connectivity index (χ0) is 13.8. The number of nitrogens with zero attached hydrogens (tertiary/aromatic N) is 3. The van der Waals surface area contributed by atoms with Gasteiger partial charge in [-0.1, -0.05) is 13.0 Å². The molecule has 0 spiro atoms. The van der Waals surface area contributed by atoms with Gasteiger partial charge in [0.2, 0.25) is 0 Å². The largest absolute Gasteiger partial charge is 0.308 e. The number of H-pyrrole nitrogens is 1. The van der Waals surface area contributed by atoms with Gasteiger partial charge >= 0.3 is 0 Å². The fraction of sp³-hybridized carbons (Fsp3) is 0.533. The summed E-state index contributed by atoms with van der Waals surface area (Å²) in [6.45, 7) is 3.16. The van der Waals surface area contributed by atoms with Crippen molar-refractivity contribution < 1.29 is 0 Å². The van der Waals surface area contributed by atoms with E-state index in [0.717, 1.165) is 31.5 Å². The molecule has 0 aliphatic heterocycles. The normalized spacial score (nSPS) is 19.6. The van der Waals surface area contributed by atoms with Gasteiger partial charge in [0.1, 0.15) is 5.69 Å².